The topological polar surface area (TPSA) is 154 Å². The number of ether oxygens (including phenoxy) is 2. The third-order valence-corrected chi connectivity index (χ3v) is 6.19. The van der Waals surface area contributed by atoms with Gasteiger partial charge in [0.25, 0.3) is 0 Å². The smallest absolute Gasteiger partial charge is 0.408 e. The van der Waals surface area contributed by atoms with Crippen LogP contribution in [0.5, 0.6) is 5.75 Å². The Labute approximate surface area is 208 Å². The van der Waals surface area contributed by atoms with E-state index in [1.165, 1.54) is 4.68 Å². The summed E-state index contributed by atoms with van der Waals surface area (Å²) in [5.41, 5.74) is 2.90. The predicted octanol–water partition coefficient (Wildman–Crippen LogP) is 2.99. The molecule has 4 rings (SSSR count). The van der Waals surface area contributed by atoms with Gasteiger partial charge in [-0.1, -0.05) is 5.21 Å². The third kappa shape index (κ3) is 5.93. The molecule has 0 bridgehead atoms. The summed E-state index contributed by atoms with van der Waals surface area (Å²) in [7, 11) is 1.71. The quantitative estimate of drug-likeness (QED) is 0.476. The number of carbonyl (C=O) groups is 2. The molecular formula is C24H29N7O5. The first-order valence-electron chi connectivity index (χ1n) is 11.8. The number of aliphatic carboxylic acids is 1. The molecule has 1 aliphatic carbocycles. The molecule has 0 aliphatic heterocycles. The van der Waals surface area contributed by atoms with Crippen LogP contribution in [0.1, 0.15) is 55.7 Å². The molecule has 12 nitrogen and oxygen atoms in total. The molecular weight excluding hydrogens is 466 g/mol. The van der Waals surface area contributed by atoms with Crippen molar-refractivity contribution in [3.05, 3.63) is 47.8 Å². The van der Waals surface area contributed by atoms with Gasteiger partial charge in [-0.3, -0.25) is 14.8 Å². The molecule has 0 radical (unpaired) electrons. The van der Waals surface area contributed by atoms with Crippen molar-refractivity contribution in [3.63, 3.8) is 0 Å². The lowest BCUT2D eigenvalue weighted by Gasteiger charge is -2.27. The number of carboxylic acid groups (broad SMARTS) is 1. The Balaban J connectivity index is 1.40. The van der Waals surface area contributed by atoms with Gasteiger partial charge in [-0.15, -0.1) is 5.10 Å². The van der Waals surface area contributed by atoms with Gasteiger partial charge in [0, 0.05) is 19.4 Å². The molecule has 0 spiro atoms. The normalized spacial score (nSPS) is 18.3. The van der Waals surface area contributed by atoms with E-state index in [2.05, 4.69) is 30.6 Å². The molecule has 3 aromatic heterocycles. The first-order chi connectivity index (χ1) is 17.3. The van der Waals surface area contributed by atoms with Crippen LogP contribution in [0.15, 0.2) is 30.7 Å². The van der Waals surface area contributed by atoms with Crippen LogP contribution >= 0.6 is 0 Å². The number of nitrogens with one attached hydrogen (secondary N) is 1. The summed E-state index contributed by atoms with van der Waals surface area (Å²) in [5.74, 6) is -0.545. The van der Waals surface area contributed by atoms with Gasteiger partial charge >= 0.3 is 12.1 Å². The van der Waals surface area contributed by atoms with Crippen LogP contribution in [0, 0.1) is 12.8 Å². The SMILES string of the molecule is Cc1nc(-c2nnn(C)c2COC(=O)NC(C)c2cnccn2)ccc1O[C@H]1CCC[C@H](C(=O)O)C1. The number of nitrogens with zero attached hydrogens (tertiary/aromatic N) is 6. The molecule has 36 heavy (non-hydrogen) atoms. The Morgan fingerprint density at radius 2 is 2.11 bits per heavy atom. The summed E-state index contributed by atoms with van der Waals surface area (Å²) in [6.07, 6.45) is 6.72. The minimum Gasteiger partial charge on any atom is -0.489 e. The minimum atomic E-state index is -0.775. The van der Waals surface area contributed by atoms with Crippen molar-refractivity contribution < 1.29 is 24.2 Å². The highest BCUT2D eigenvalue weighted by Crippen LogP contribution is 2.30. The van der Waals surface area contributed by atoms with Crippen LogP contribution < -0.4 is 10.1 Å². The maximum Gasteiger partial charge on any atom is 0.408 e. The summed E-state index contributed by atoms with van der Waals surface area (Å²) in [4.78, 5) is 36.5. The molecule has 1 saturated carbocycles. The first-order valence-corrected chi connectivity index (χ1v) is 11.8. The van der Waals surface area contributed by atoms with E-state index in [4.69, 9.17) is 9.47 Å². The van der Waals surface area contributed by atoms with E-state index < -0.39 is 12.1 Å². The van der Waals surface area contributed by atoms with Gasteiger partial charge in [-0.05, 0) is 51.7 Å². The zero-order valence-electron chi connectivity index (χ0n) is 20.4. The van der Waals surface area contributed by atoms with Gasteiger partial charge in [0.2, 0.25) is 0 Å². The number of carbonyl (C=O) groups excluding carboxylic acids is 1. The van der Waals surface area contributed by atoms with Gasteiger partial charge < -0.3 is 19.9 Å². The molecule has 1 unspecified atom stereocenters. The number of carboxylic acids is 1. The molecule has 3 atom stereocenters. The summed E-state index contributed by atoms with van der Waals surface area (Å²) in [5, 5.41) is 20.3. The van der Waals surface area contributed by atoms with Crippen LogP contribution in [0.4, 0.5) is 4.79 Å². The fraction of sp³-hybridized carbons (Fsp3) is 0.458. The highest BCUT2D eigenvalue weighted by atomic mass is 16.5. The van der Waals surface area contributed by atoms with Crippen molar-refractivity contribution in [2.45, 2.75) is 58.3 Å². The standard InChI is InChI=1S/C24H29N7O5/c1-14(19-12-25-9-10-26-19)28-24(34)35-13-20-22(29-30-31(20)3)18-7-8-21(15(2)27-18)36-17-6-4-5-16(11-17)23(32)33/h7-10,12,14,16-17H,4-6,11,13H2,1-3H3,(H,28,34)(H,32,33)/t14?,16-,17-/m0/s1. The number of alkyl carbamates (subject to hydrolysis) is 1. The van der Waals surface area contributed by atoms with Crippen molar-refractivity contribution in [2.24, 2.45) is 13.0 Å². The van der Waals surface area contributed by atoms with Crippen LogP contribution in [0.3, 0.4) is 0 Å². The molecule has 12 heteroatoms. The van der Waals surface area contributed by atoms with E-state index >= 15 is 0 Å². The van der Waals surface area contributed by atoms with Gasteiger partial charge in [-0.2, -0.15) is 0 Å². The predicted molar refractivity (Wildman–Crippen MR) is 127 cm³/mol. The maximum atomic E-state index is 12.3. The average molecular weight is 496 g/mol. The van der Waals surface area contributed by atoms with E-state index in [9.17, 15) is 14.7 Å². The Hall–Kier alpha value is -4.09. The van der Waals surface area contributed by atoms with Gasteiger partial charge in [-0.25, -0.2) is 14.5 Å². The second-order valence-corrected chi connectivity index (χ2v) is 8.80. The second-order valence-electron chi connectivity index (χ2n) is 8.80. The van der Waals surface area contributed by atoms with E-state index in [0.29, 0.717) is 47.1 Å². The number of hydrogen-bond donors (Lipinski definition) is 2. The van der Waals surface area contributed by atoms with Gasteiger partial charge in [0.1, 0.15) is 23.7 Å². The number of amides is 1. The molecule has 3 heterocycles. The summed E-state index contributed by atoms with van der Waals surface area (Å²) < 4.78 is 13.0. The largest absolute Gasteiger partial charge is 0.489 e. The Bertz CT molecular complexity index is 1220. The number of rotatable bonds is 8. The molecule has 190 valence electrons. The van der Waals surface area contributed by atoms with Gasteiger partial charge in [0.15, 0.2) is 0 Å². The van der Waals surface area contributed by atoms with Crippen LogP contribution in [-0.4, -0.2) is 53.2 Å². The third-order valence-electron chi connectivity index (χ3n) is 6.19. The Morgan fingerprint density at radius 3 is 2.83 bits per heavy atom. The van der Waals surface area contributed by atoms with Crippen LogP contribution in [0.25, 0.3) is 11.4 Å². The molecule has 0 saturated heterocycles. The number of hydrogen-bond acceptors (Lipinski definition) is 9. The van der Waals surface area contributed by atoms with E-state index in [0.717, 1.165) is 12.8 Å². The summed E-state index contributed by atoms with van der Waals surface area (Å²) in [6, 6.07) is 3.20. The lowest BCUT2D eigenvalue weighted by molar-refractivity contribution is -0.143. The Morgan fingerprint density at radius 1 is 1.28 bits per heavy atom. The molecule has 1 fully saturated rings. The van der Waals surface area contributed by atoms with E-state index in [1.807, 2.05) is 6.92 Å². The van der Waals surface area contributed by atoms with Crippen molar-refractivity contribution in [1.82, 2.24) is 35.3 Å². The van der Waals surface area contributed by atoms with E-state index in [1.54, 1.807) is 44.7 Å². The summed E-state index contributed by atoms with van der Waals surface area (Å²) >= 11 is 0. The molecule has 3 aromatic rings. The zero-order chi connectivity index (χ0) is 25.7. The van der Waals surface area contributed by atoms with Crippen LogP contribution in [0.2, 0.25) is 0 Å². The first kappa shape index (κ1) is 25.0. The number of aryl methyl sites for hydroxylation is 2. The average Bonchev–Trinajstić information content (AvgIpc) is 3.24. The van der Waals surface area contributed by atoms with Gasteiger partial charge in [0.05, 0.1) is 41.3 Å². The second kappa shape index (κ2) is 11.1. The van der Waals surface area contributed by atoms with Crippen molar-refractivity contribution in [1.29, 1.82) is 0 Å². The highest BCUT2D eigenvalue weighted by Gasteiger charge is 2.28. The summed E-state index contributed by atoms with van der Waals surface area (Å²) in [6.45, 7) is 3.55. The fourth-order valence-corrected chi connectivity index (χ4v) is 4.16. The van der Waals surface area contributed by atoms with E-state index in [-0.39, 0.29) is 24.7 Å². The zero-order valence-corrected chi connectivity index (χ0v) is 20.4. The van der Waals surface area contributed by atoms with Crippen molar-refractivity contribution in [3.8, 4) is 17.1 Å². The Kier molecular flexibility index (Phi) is 7.71. The molecule has 2 N–H and O–H groups in total. The lowest BCUT2D eigenvalue weighted by Crippen LogP contribution is -2.29. The molecule has 1 amide bonds. The lowest BCUT2D eigenvalue weighted by atomic mass is 9.87. The number of aromatic nitrogens is 6. The maximum absolute atomic E-state index is 12.3. The van der Waals surface area contributed by atoms with Crippen molar-refractivity contribution >= 4 is 12.1 Å². The molecule has 1 aliphatic rings. The number of pyridine rings is 1. The minimum absolute atomic E-state index is 0.0600. The molecule has 0 aromatic carbocycles. The van der Waals surface area contributed by atoms with Crippen molar-refractivity contribution in [2.75, 3.05) is 0 Å². The highest BCUT2D eigenvalue weighted by molar-refractivity contribution is 5.70. The fourth-order valence-electron chi connectivity index (χ4n) is 4.16. The van der Waals surface area contributed by atoms with Crippen LogP contribution in [-0.2, 0) is 23.2 Å². The monoisotopic (exact) mass is 495 g/mol.